The topological polar surface area (TPSA) is 41.1 Å². The second-order valence-corrected chi connectivity index (χ2v) is 6.71. The van der Waals surface area contributed by atoms with Gasteiger partial charge in [0, 0.05) is 15.6 Å². The molecule has 3 rings (SSSR count). The Morgan fingerprint density at radius 3 is 2.42 bits per heavy atom. The Balaban J connectivity index is 1.65. The molecule has 3 aromatic rings. The predicted octanol–water partition coefficient (Wildman–Crippen LogP) is 4.72. The van der Waals surface area contributed by atoms with E-state index in [0.29, 0.717) is 5.02 Å². The van der Waals surface area contributed by atoms with Crippen molar-refractivity contribution in [3.8, 4) is 0 Å². The largest absolute Gasteiger partial charge is 0.325 e. The molecule has 0 unspecified atom stereocenters. The first-order chi connectivity index (χ1) is 11.7. The number of amides is 1. The molecule has 2 N–H and O–H groups in total. The van der Waals surface area contributed by atoms with Gasteiger partial charge in [0.25, 0.3) is 0 Å². The molecule has 0 aliphatic heterocycles. The van der Waals surface area contributed by atoms with Crippen LogP contribution < -0.4 is 10.6 Å². The number of hydrogen-bond acceptors (Lipinski definition) is 3. The van der Waals surface area contributed by atoms with E-state index in [2.05, 4.69) is 28.8 Å². The van der Waals surface area contributed by atoms with Gasteiger partial charge >= 0.3 is 0 Å². The minimum Gasteiger partial charge on any atom is -0.325 e. The quantitative estimate of drug-likeness (QED) is 0.671. The van der Waals surface area contributed by atoms with E-state index in [1.807, 2.05) is 29.6 Å². The smallest absolute Gasteiger partial charge is 0.238 e. The minimum atomic E-state index is -0.0881. The maximum Gasteiger partial charge on any atom is 0.238 e. The number of halogens is 1. The Kier molecular flexibility index (Phi) is 5.64. The van der Waals surface area contributed by atoms with E-state index >= 15 is 0 Å². The molecule has 1 heterocycles. The van der Waals surface area contributed by atoms with E-state index < -0.39 is 0 Å². The van der Waals surface area contributed by atoms with Gasteiger partial charge in [-0.15, -0.1) is 11.3 Å². The Morgan fingerprint density at radius 1 is 1.00 bits per heavy atom. The fourth-order valence-corrected chi connectivity index (χ4v) is 3.37. The van der Waals surface area contributed by atoms with Crippen molar-refractivity contribution in [2.45, 2.75) is 6.04 Å². The first-order valence-corrected chi connectivity index (χ1v) is 8.85. The number of hydrogen-bond donors (Lipinski definition) is 2. The van der Waals surface area contributed by atoms with E-state index in [-0.39, 0.29) is 18.5 Å². The van der Waals surface area contributed by atoms with E-state index in [1.165, 1.54) is 4.88 Å². The molecule has 0 radical (unpaired) electrons. The highest BCUT2D eigenvalue weighted by molar-refractivity contribution is 7.10. The van der Waals surface area contributed by atoms with Gasteiger partial charge in [-0.25, -0.2) is 0 Å². The Morgan fingerprint density at radius 2 is 1.75 bits per heavy atom. The van der Waals surface area contributed by atoms with Crippen LogP contribution in [0.3, 0.4) is 0 Å². The Hall–Kier alpha value is -2.14. The van der Waals surface area contributed by atoms with Gasteiger partial charge in [0.05, 0.1) is 12.6 Å². The predicted molar refractivity (Wildman–Crippen MR) is 101 cm³/mol. The molecule has 24 heavy (non-hydrogen) atoms. The summed E-state index contributed by atoms with van der Waals surface area (Å²) in [6.07, 6.45) is 0. The van der Waals surface area contributed by atoms with E-state index in [9.17, 15) is 4.79 Å². The molecule has 0 fully saturated rings. The van der Waals surface area contributed by atoms with Crippen LogP contribution in [-0.2, 0) is 4.79 Å². The molecule has 122 valence electrons. The summed E-state index contributed by atoms with van der Waals surface area (Å²) in [5, 5.41) is 8.90. The average Bonchev–Trinajstić information content (AvgIpc) is 3.12. The minimum absolute atomic E-state index is 0.00201. The summed E-state index contributed by atoms with van der Waals surface area (Å²) in [4.78, 5) is 13.4. The highest BCUT2D eigenvalue weighted by Gasteiger charge is 2.15. The van der Waals surface area contributed by atoms with Crippen LogP contribution in [0.15, 0.2) is 72.1 Å². The molecule has 0 aliphatic carbocycles. The first kappa shape index (κ1) is 16.7. The second kappa shape index (κ2) is 8.11. The van der Waals surface area contributed by atoms with Gasteiger partial charge < -0.3 is 5.32 Å². The van der Waals surface area contributed by atoms with Crippen molar-refractivity contribution >= 4 is 34.5 Å². The molecule has 0 spiro atoms. The van der Waals surface area contributed by atoms with Crippen molar-refractivity contribution in [1.29, 1.82) is 0 Å². The summed E-state index contributed by atoms with van der Waals surface area (Å²) < 4.78 is 0. The number of anilines is 1. The Labute approximate surface area is 150 Å². The van der Waals surface area contributed by atoms with Crippen molar-refractivity contribution in [3.63, 3.8) is 0 Å². The van der Waals surface area contributed by atoms with Crippen molar-refractivity contribution < 1.29 is 4.79 Å². The molecule has 0 saturated heterocycles. The van der Waals surface area contributed by atoms with Crippen LogP contribution in [0, 0.1) is 0 Å². The van der Waals surface area contributed by atoms with Crippen LogP contribution in [0.5, 0.6) is 0 Å². The molecule has 0 bridgehead atoms. The normalized spacial score (nSPS) is 11.9. The summed E-state index contributed by atoms with van der Waals surface area (Å²) in [7, 11) is 0. The van der Waals surface area contributed by atoms with E-state index in [4.69, 9.17) is 11.6 Å². The monoisotopic (exact) mass is 356 g/mol. The third kappa shape index (κ3) is 4.45. The van der Waals surface area contributed by atoms with Gasteiger partial charge in [-0.2, -0.15) is 0 Å². The fourth-order valence-electron chi connectivity index (χ4n) is 2.42. The van der Waals surface area contributed by atoms with Crippen LogP contribution in [0.2, 0.25) is 5.02 Å². The van der Waals surface area contributed by atoms with E-state index in [0.717, 1.165) is 11.3 Å². The van der Waals surface area contributed by atoms with Crippen LogP contribution in [0.25, 0.3) is 0 Å². The molecular weight excluding hydrogens is 340 g/mol. The number of carbonyl (C=O) groups is 1. The molecule has 1 aromatic heterocycles. The zero-order valence-electron chi connectivity index (χ0n) is 12.9. The van der Waals surface area contributed by atoms with Crippen molar-refractivity contribution in [2.24, 2.45) is 0 Å². The highest BCUT2D eigenvalue weighted by atomic mass is 35.5. The van der Waals surface area contributed by atoms with Crippen LogP contribution in [-0.4, -0.2) is 12.5 Å². The molecule has 3 nitrogen and oxygen atoms in total. The summed E-state index contributed by atoms with van der Waals surface area (Å²) in [5.41, 5.74) is 1.87. The molecular formula is C19H17ClN2OS. The molecule has 1 amide bonds. The van der Waals surface area contributed by atoms with Gasteiger partial charge in [-0.1, -0.05) is 48.0 Å². The standard InChI is InChI=1S/C19H17ClN2OS/c20-15-8-10-16(11-9-15)22-18(23)13-21-19(17-7-4-12-24-17)14-5-2-1-3-6-14/h1-12,19,21H,13H2,(H,22,23)/t19-/m1/s1. The third-order valence-corrected chi connectivity index (χ3v) is 4.74. The van der Waals surface area contributed by atoms with Gasteiger partial charge in [0.2, 0.25) is 5.91 Å². The molecule has 5 heteroatoms. The lowest BCUT2D eigenvalue weighted by atomic mass is 10.1. The van der Waals surface area contributed by atoms with Crippen molar-refractivity contribution in [3.05, 3.63) is 87.6 Å². The molecule has 2 aromatic carbocycles. The van der Waals surface area contributed by atoms with Crippen LogP contribution in [0.4, 0.5) is 5.69 Å². The lowest BCUT2D eigenvalue weighted by molar-refractivity contribution is -0.115. The van der Waals surface area contributed by atoms with Gasteiger partial charge in [0.1, 0.15) is 0 Å². The summed E-state index contributed by atoms with van der Waals surface area (Å²) in [6.45, 7) is 0.222. The molecule has 0 aliphatic rings. The number of thiophene rings is 1. The van der Waals surface area contributed by atoms with Crippen LogP contribution in [0.1, 0.15) is 16.5 Å². The first-order valence-electron chi connectivity index (χ1n) is 7.59. The number of carbonyl (C=O) groups excluding carboxylic acids is 1. The maximum atomic E-state index is 12.2. The zero-order chi connectivity index (χ0) is 16.8. The lowest BCUT2D eigenvalue weighted by Gasteiger charge is -2.18. The summed E-state index contributed by atoms with van der Waals surface area (Å²) in [5.74, 6) is -0.0881. The lowest BCUT2D eigenvalue weighted by Crippen LogP contribution is -2.31. The van der Waals surface area contributed by atoms with Gasteiger partial charge in [0.15, 0.2) is 0 Å². The van der Waals surface area contributed by atoms with Gasteiger partial charge in [-0.05, 0) is 41.3 Å². The Bertz CT molecular complexity index is 773. The van der Waals surface area contributed by atoms with Gasteiger partial charge in [-0.3, -0.25) is 10.1 Å². The maximum absolute atomic E-state index is 12.2. The molecule has 1 atom stereocenters. The summed E-state index contributed by atoms with van der Waals surface area (Å²) in [6, 6.07) is 21.3. The van der Waals surface area contributed by atoms with E-state index in [1.54, 1.807) is 35.6 Å². The SMILES string of the molecule is O=C(CN[C@H](c1ccccc1)c1cccs1)Nc1ccc(Cl)cc1. The summed E-state index contributed by atoms with van der Waals surface area (Å²) >= 11 is 7.53. The highest BCUT2D eigenvalue weighted by Crippen LogP contribution is 2.25. The fraction of sp³-hybridized carbons (Fsp3) is 0.105. The van der Waals surface area contributed by atoms with Crippen molar-refractivity contribution in [2.75, 3.05) is 11.9 Å². The number of rotatable bonds is 6. The average molecular weight is 357 g/mol. The zero-order valence-corrected chi connectivity index (χ0v) is 14.5. The number of benzene rings is 2. The van der Waals surface area contributed by atoms with Crippen LogP contribution >= 0.6 is 22.9 Å². The number of nitrogens with one attached hydrogen (secondary N) is 2. The second-order valence-electron chi connectivity index (χ2n) is 5.30. The molecule has 0 saturated carbocycles. The van der Waals surface area contributed by atoms with Crippen molar-refractivity contribution in [1.82, 2.24) is 5.32 Å². The third-order valence-electron chi connectivity index (χ3n) is 3.56.